The molecular formula is C26H27N3O4. The molecular weight excluding hydrogens is 418 g/mol. The first-order valence-corrected chi connectivity index (χ1v) is 11.0. The van der Waals surface area contributed by atoms with E-state index in [0.29, 0.717) is 17.0 Å². The van der Waals surface area contributed by atoms with E-state index in [9.17, 15) is 9.59 Å². The quantitative estimate of drug-likeness (QED) is 0.410. The highest BCUT2D eigenvalue weighted by Crippen LogP contribution is 2.25. The molecule has 2 aromatic heterocycles. The van der Waals surface area contributed by atoms with Crippen LogP contribution in [0.1, 0.15) is 35.9 Å². The average molecular weight is 446 g/mol. The predicted molar refractivity (Wildman–Crippen MR) is 128 cm³/mol. The van der Waals surface area contributed by atoms with Crippen molar-refractivity contribution in [3.05, 3.63) is 81.5 Å². The van der Waals surface area contributed by atoms with Crippen LogP contribution in [0.4, 0.5) is 5.69 Å². The summed E-state index contributed by atoms with van der Waals surface area (Å²) in [6, 6.07) is 14.8. The molecule has 4 rings (SSSR count). The van der Waals surface area contributed by atoms with Crippen molar-refractivity contribution < 1.29 is 13.9 Å². The fraction of sp³-hybridized carbons (Fsp3) is 0.269. The van der Waals surface area contributed by atoms with Crippen molar-refractivity contribution in [2.75, 3.05) is 11.9 Å². The monoisotopic (exact) mass is 445 g/mol. The molecule has 0 aliphatic rings. The number of ether oxygens (including phenoxy) is 1. The summed E-state index contributed by atoms with van der Waals surface area (Å²) in [7, 11) is 0. The smallest absolute Gasteiger partial charge is 0.336 e. The summed E-state index contributed by atoms with van der Waals surface area (Å²) in [5, 5.41) is 8.35. The number of fused-ring (bicyclic) bond motifs is 1. The Kier molecular flexibility index (Phi) is 6.31. The number of rotatable bonds is 7. The lowest BCUT2D eigenvalue weighted by Crippen LogP contribution is -2.21. The number of amides is 1. The summed E-state index contributed by atoms with van der Waals surface area (Å²) in [5.41, 5.74) is 5.33. The molecule has 1 amide bonds. The minimum Gasteiger partial charge on any atom is -0.484 e. The number of aryl methyl sites for hydroxylation is 3. The second-order valence-electron chi connectivity index (χ2n) is 8.13. The average Bonchev–Trinajstić information content (AvgIpc) is 3.06. The maximum absolute atomic E-state index is 12.6. The molecule has 7 nitrogen and oxygen atoms in total. The van der Waals surface area contributed by atoms with Gasteiger partial charge in [0.15, 0.2) is 6.61 Å². The molecule has 0 saturated carbocycles. The van der Waals surface area contributed by atoms with Gasteiger partial charge in [0.05, 0.1) is 22.8 Å². The molecule has 7 heteroatoms. The minimum absolute atomic E-state index is 0.182. The molecule has 0 atom stereocenters. The Labute approximate surface area is 192 Å². The van der Waals surface area contributed by atoms with E-state index >= 15 is 0 Å². The largest absolute Gasteiger partial charge is 0.484 e. The number of aromatic nitrogens is 2. The van der Waals surface area contributed by atoms with E-state index in [4.69, 9.17) is 9.15 Å². The molecule has 0 fully saturated rings. The molecule has 0 radical (unpaired) electrons. The molecule has 0 saturated heterocycles. The van der Waals surface area contributed by atoms with Gasteiger partial charge >= 0.3 is 5.63 Å². The standard InChI is InChI=1S/C26H27N3O4/c1-5-6-19-13-25(31)33-23-14-21(11-12-22(19)23)32-15-24(30)27-26-17(3)28-29(18(26)4)20-9-7-16(2)8-10-20/h7-14H,5-6,15H2,1-4H3,(H,27,30). The van der Waals surface area contributed by atoms with Crippen LogP contribution < -0.4 is 15.7 Å². The van der Waals surface area contributed by atoms with Gasteiger partial charge in [-0.15, -0.1) is 0 Å². The number of hydrogen-bond donors (Lipinski definition) is 1. The van der Waals surface area contributed by atoms with Crippen molar-refractivity contribution in [1.29, 1.82) is 0 Å². The topological polar surface area (TPSA) is 86.4 Å². The van der Waals surface area contributed by atoms with Crippen LogP contribution >= 0.6 is 0 Å². The summed E-state index contributed by atoms with van der Waals surface area (Å²) in [6.07, 6.45) is 1.72. The van der Waals surface area contributed by atoms with Gasteiger partial charge in [0.1, 0.15) is 11.3 Å². The van der Waals surface area contributed by atoms with E-state index in [0.717, 1.165) is 40.9 Å². The molecule has 1 N–H and O–H groups in total. The van der Waals surface area contributed by atoms with Crippen LogP contribution in [0.2, 0.25) is 0 Å². The zero-order valence-corrected chi connectivity index (χ0v) is 19.3. The first-order valence-electron chi connectivity index (χ1n) is 11.0. The van der Waals surface area contributed by atoms with E-state index < -0.39 is 5.63 Å². The number of nitrogens with zero attached hydrogens (tertiary/aromatic N) is 2. The lowest BCUT2D eigenvalue weighted by Gasteiger charge is -2.10. The van der Waals surface area contributed by atoms with Crippen LogP contribution in [0.5, 0.6) is 5.75 Å². The van der Waals surface area contributed by atoms with Gasteiger partial charge in [-0.1, -0.05) is 31.0 Å². The highest BCUT2D eigenvalue weighted by Gasteiger charge is 2.16. The Balaban J connectivity index is 1.47. The summed E-state index contributed by atoms with van der Waals surface area (Å²) < 4.78 is 12.8. The SMILES string of the molecule is CCCc1cc(=O)oc2cc(OCC(=O)Nc3c(C)nn(-c4ccc(C)cc4)c3C)ccc12. The fourth-order valence-corrected chi connectivity index (χ4v) is 3.86. The Morgan fingerprint density at radius 1 is 1.09 bits per heavy atom. The van der Waals surface area contributed by atoms with E-state index in [1.807, 2.05) is 55.8 Å². The highest BCUT2D eigenvalue weighted by molar-refractivity contribution is 5.93. The first-order chi connectivity index (χ1) is 15.9. The Hall–Kier alpha value is -3.87. The van der Waals surface area contributed by atoms with E-state index in [-0.39, 0.29) is 12.5 Å². The van der Waals surface area contributed by atoms with Crippen molar-refractivity contribution in [3.63, 3.8) is 0 Å². The molecule has 0 unspecified atom stereocenters. The number of carbonyl (C=O) groups excluding carboxylic acids is 1. The highest BCUT2D eigenvalue weighted by atomic mass is 16.5. The third-order valence-corrected chi connectivity index (χ3v) is 5.53. The molecule has 0 aliphatic carbocycles. The van der Waals surface area contributed by atoms with Crippen LogP contribution in [0.25, 0.3) is 16.7 Å². The summed E-state index contributed by atoms with van der Waals surface area (Å²) in [4.78, 5) is 24.5. The summed E-state index contributed by atoms with van der Waals surface area (Å²) in [5.74, 6) is 0.157. The van der Waals surface area contributed by atoms with Gasteiger partial charge in [0.25, 0.3) is 5.91 Å². The van der Waals surface area contributed by atoms with Gasteiger partial charge in [0, 0.05) is 17.5 Å². The number of carbonyl (C=O) groups is 1. The zero-order chi connectivity index (χ0) is 23.5. The molecule has 0 bridgehead atoms. The lowest BCUT2D eigenvalue weighted by molar-refractivity contribution is -0.118. The van der Waals surface area contributed by atoms with Gasteiger partial charge in [-0.25, -0.2) is 9.48 Å². The Morgan fingerprint density at radius 2 is 1.85 bits per heavy atom. The summed E-state index contributed by atoms with van der Waals surface area (Å²) in [6.45, 7) is 7.68. The van der Waals surface area contributed by atoms with Gasteiger partial charge in [-0.2, -0.15) is 5.10 Å². The number of hydrogen-bond acceptors (Lipinski definition) is 5. The van der Waals surface area contributed by atoms with Crippen LogP contribution in [0, 0.1) is 20.8 Å². The van der Waals surface area contributed by atoms with Crippen molar-refractivity contribution in [2.45, 2.75) is 40.5 Å². The molecule has 0 spiro atoms. The molecule has 33 heavy (non-hydrogen) atoms. The molecule has 4 aromatic rings. The van der Waals surface area contributed by atoms with Gasteiger partial charge in [-0.05, 0) is 57.0 Å². The van der Waals surface area contributed by atoms with Crippen LogP contribution in [-0.4, -0.2) is 22.3 Å². The Morgan fingerprint density at radius 3 is 2.58 bits per heavy atom. The number of benzene rings is 2. The van der Waals surface area contributed by atoms with Crippen molar-refractivity contribution in [1.82, 2.24) is 9.78 Å². The predicted octanol–water partition coefficient (Wildman–Crippen LogP) is 4.87. The number of nitrogens with one attached hydrogen (secondary N) is 1. The maximum atomic E-state index is 12.6. The van der Waals surface area contributed by atoms with E-state index in [1.54, 1.807) is 12.1 Å². The Bertz CT molecular complexity index is 1370. The van der Waals surface area contributed by atoms with Gasteiger partial charge in [-0.3, -0.25) is 4.79 Å². The van der Waals surface area contributed by atoms with E-state index in [1.165, 1.54) is 11.6 Å². The van der Waals surface area contributed by atoms with Crippen LogP contribution in [0.3, 0.4) is 0 Å². The zero-order valence-electron chi connectivity index (χ0n) is 19.3. The molecule has 2 aromatic carbocycles. The second-order valence-corrected chi connectivity index (χ2v) is 8.13. The summed E-state index contributed by atoms with van der Waals surface area (Å²) >= 11 is 0. The van der Waals surface area contributed by atoms with Crippen LogP contribution in [-0.2, 0) is 11.2 Å². The lowest BCUT2D eigenvalue weighted by atomic mass is 10.1. The van der Waals surface area contributed by atoms with Crippen molar-refractivity contribution in [3.8, 4) is 11.4 Å². The first kappa shape index (κ1) is 22.3. The number of anilines is 1. The third kappa shape index (κ3) is 4.82. The fourth-order valence-electron chi connectivity index (χ4n) is 3.86. The molecule has 170 valence electrons. The van der Waals surface area contributed by atoms with Gasteiger partial charge in [0.2, 0.25) is 0 Å². The molecule has 0 aliphatic heterocycles. The van der Waals surface area contributed by atoms with Gasteiger partial charge < -0.3 is 14.5 Å². The van der Waals surface area contributed by atoms with E-state index in [2.05, 4.69) is 17.3 Å². The molecule has 2 heterocycles. The van der Waals surface area contributed by atoms with Crippen molar-refractivity contribution in [2.24, 2.45) is 0 Å². The maximum Gasteiger partial charge on any atom is 0.336 e. The minimum atomic E-state index is -0.391. The normalized spacial score (nSPS) is 11.0. The third-order valence-electron chi connectivity index (χ3n) is 5.53. The van der Waals surface area contributed by atoms with Crippen LogP contribution in [0.15, 0.2) is 57.7 Å². The second kappa shape index (κ2) is 9.32. The van der Waals surface area contributed by atoms with Crippen molar-refractivity contribution >= 4 is 22.6 Å².